The van der Waals surface area contributed by atoms with Gasteiger partial charge in [0, 0.05) is 56.9 Å². The number of anilines is 1. The second-order valence-electron chi connectivity index (χ2n) is 9.56. The largest absolute Gasteiger partial charge is 0.434 e. The third kappa shape index (κ3) is 5.52. The Kier molecular flexibility index (Phi) is 7.25. The first kappa shape index (κ1) is 24.6. The average molecular weight is 506 g/mol. The van der Waals surface area contributed by atoms with Gasteiger partial charge in [-0.15, -0.1) is 0 Å². The van der Waals surface area contributed by atoms with Crippen molar-refractivity contribution in [3.05, 3.63) is 65.7 Å². The van der Waals surface area contributed by atoms with Crippen molar-refractivity contribution in [3.63, 3.8) is 0 Å². The zero-order chi connectivity index (χ0) is 25.8. The number of hydrogen-bond donors (Lipinski definition) is 1. The first-order valence-electron chi connectivity index (χ1n) is 12.8. The monoisotopic (exact) mass is 505 g/mol. The number of piperidine rings is 1. The van der Waals surface area contributed by atoms with E-state index in [0.717, 1.165) is 37.2 Å². The van der Waals surface area contributed by atoms with Gasteiger partial charge in [-0.3, -0.25) is 9.59 Å². The van der Waals surface area contributed by atoms with Gasteiger partial charge < -0.3 is 24.9 Å². The number of hydrogen-bond acceptors (Lipinski definition) is 6. The number of rotatable bonds is 5. The first-order valence-corrected chi connectivity index (χ1v) is 12.8. The van der Waals surface area contributed by atoms with E-state index in [9.17, 15) is 19.2 Å². The highest BCUT2D eigenvalue weighted by Gasteiger charge is 2.42. The molecule has 5 amide bonds. The third-order valence-corrected chi connectivity index (χ3v) is 7.07. The van der Waals surface area contributed by atoms with Crippen LogP contribution in [0.2, 0.25) is 0 Å². The maximum atomic E-state index is 12.9. The number of nitrogens with zero attached hydrogens (tertiary/aromatic N) is 4. The highest BCUT2D eigenvalue weighted by molar-refractivity contribution is 6.04. The SMILES string of the molecule is O=C(ON1C(=O)NC(Cc2ccccc2)C1=O)N1CCN(c2cccc(C(=O)N3CCCCC3)c2)CC1. The Balaban J connectivity index is 1.14. The molecule has 0 bridgehead atoms. The van der Waals surface area contributed by atoms with Crippen molar-refractivity contribution in [1.82, 2.24) is 20.2 Å². The molecular weight excluding hydrogens is 474 g/mol. The molecule has 3 heterocycles. The quantitative estimate of drug-likeness (QED) is 0.627. The zero-order valence-corrected chi connectivity index (χ0v) is 20.7. The summed E-state index contributed by atoms with van der Waals surface area (Å²) in [4.78, 5) is 61.3. The van der Waals surface area contributed by atoms with Crippen LogP contribution in [-0.4, -0.2) is 84.1 Å². The van der Waals surface area contributed by atoms with Crippen LogP contribution in [0.3, 0.4) is 0 Å². The summed E-state index contributed by atoms with van der Waals surface area (Å²) in [5.41, 5.74) is 2.49. The van der Waals surface area contributed by atoms with Crippen molar-refractivity contribution < 1.29 is 24.0 Å². The summed E-state index contributed by atoms with van der Waals surface area (Å²) in [6.45, 7) is 3.39. The first-order chi connectivity index (χ1) is 18.0. The number of piperazine rings is 1. The summed E-state index contributed by atoms with van der Waals surface area (Å²) in [7, 11) is 0. The van der Waals surface area contributed by atoms with E-state index < -0.39 is 24.1 Å². The molecule has 3 saturated heterocycles. The van der Waals surface area contributed by atoms with Gasteiger partial charge in [-0.05, 0) is 43.0 Å². The van der Waals surface area contributed by atoms with Crippen molar-refractivity contribution in [1.29, 1.82) is 0 Å². The second-order valence-corrected chi connectivity index (χ2v) is 9.56. The Hall–Kier alpha value is -4.08. The lowest BCUT2D eigenvalue weighted by molar-refractivity contribution is -0.151. The maximum Gasteiger partial charge on any atom is 0.434 e. The minimum absolute atomic E-state index is 0.0582. The van der Waals surface area contributed by atoms with E-state index >= 15 is 0 Å². The number of benzene rings is 2. The standard InChI is InChI=1S/C27H31N5O5/c33-24(30-12-5-2-6-13-30)21-10-7-11-22(19-21)29-14-16-31(17-15-29)27(36)37-32-25(34)23(28-26(32)35)18-20-8-3-1-4-9-20/h1,3-4,7-11,19,23H,2,5-6,12-18H2,(H,28,35). The smallest absolute Gasteiger partial charge is 0.368 e. The minimum atomic E-state index is -0.778. The molecule has 0 spiro atoms. The van der Waals surface area contributed by atoms with Crippen LogP contribution >= 0.6 is 0 Å². The topological polar surface area (TPSA) is 102 Å². The van der Waals surface area contributed by atoms with Gasteiger partial charge >= 0.3 is 12.1 Å². The summed E-state index contributed by atoms with van der Waals surface area (Å²) in [5, 5.41) is 3.11. The van der Waals surface area contributed by atoms with Gasteiger partial charge in [0.15, 0.2) is 0 Å². The number of likely N-dealkylation sites (tertiary alicyclic amines) is 1. The molecule has 1 atom stereocenters. The summed E-state index contributed by atoms with van der Waals surface area (Å²) < 4.78 is 0. The Morgan fingerprint density at radius 3 is 2.30 bits per heavy atom. The van der Waals surface area contributed by atoms with Gasteiger partial charge in [0.25, 0.3) is 11.8 Å². The van der Waals surface area contributed by atoms with Crippen LogP contribution in [-0.2, 0) is 16.1 Å². The van der Waals surface area contributed by atoms with E-state index in [2.05, 4.69) is 10.2 Å². The summed E-state index contributed by atoms with van der Waals surface area (Å²) in [6.07, 6.45) is 2.83. The Morgan fingerprint density at radius 1 is 0.838 bits per heavy atom. The molecule has 0 aromatic heterocycles. The fourth-order valence-corrected chi connectivity index (χ4v) is 4.98. The Bertz CT molecular complexity index is 1160. The van der Waals surface area contributed by atoms with Crippen LogP contribution in [0.4, 0.5) is 15.3 Å². The van der Waals surface area contributed by atoms with Crippen molar-refractivity contribution in [3.8, 4) is 0 Å². The maximum absolute atomic E-state index is 12.9. The molecule has 3 aliphatic rings. The molecule has 3 fully saturated rings. The van der Waals surface area contributed by atoms with Crippen molar-refractivity contribution in [2.45, 2.75) is 31.7 Å². The van der Waals surface area contributed by atoms with E-state index in [1.54, 1.807) is 0 Å². The van der Waals surface area contributed by atoms with E-state index in [-0.39, 0.29) is 5.91 Å². The predicted molar refractivity (Wildman–Crippen MR) is 136 cm³/mol. The molecule has 0 radical (unpaired) electrons. The lowest BCUT2D eigenvalue weighted by Crippen LogP contribution is -2.50. The van der Waals surface area contributed by atoms with Gasteiger partial charge in [-0.1, -0.05) is 41.5 Å². The fourth-order valence-electron chi connectivity index (χ4n) is 4.98. The number of carbonyl (C=O) groups is 4. The number of amides is 5. The van der Waals surface area contributed by atoms with Gasteiger partial charge in [0.1, 0.15) is 6.04 Å². The highest BCUT2D eigenvalue weighted by atomic mass is 16.7. The van der Waals surface area contributed by atoms with Crippen molar-refractivity contribution in [2.24, 2.45) is 0 Å². The van der Waals surface area contributed by atoms with E-state index in [1.165, 1.54) is 11.3 Å². The summed E-state index contributed by atoms with van der Waals surface area (Å²) in [5.74, 6) is -0.529. The molecule has 2 aromatic rings. The van der Waals surface area contributed by atoms with Crippen LogP contribution in [0, 0.1) is 0 Å². The number of urea groups is 1. The van der Waals surface area contributed by atoms with Crippen LogP contribution in [0.1, 0.15) is 35.2 Å². The average Bonchev–Trinajstić information content (AvgIpc) is 3.21. The molecule has 10 nitrogen and oxygen atoms in total. The summed E-state index contributed by atoms with van der Waals surface area (Å²) in [6, 6.07) is 15.4. The molecule has 0 aliphatic carbocycles. The van der Waals surface area contributed by atoms with E-state index in [1.807, 2.05) is 59.5 Å². The molecule has 1 N–H and O–H groups in total. The molecule has 0 saturated carbocycles. The van der Waals surface area contributed by atoms with Crippen molar-refractivity contribution in [2.75, 3.05) is 44.2 Å². The Labute approximate surface area is 215 Å². The molecular formula is C27H31N5O5. The number of imide groups is 1. The van der Waals surface area contributed by atoms with Gasteiger partial charge in [0.2, 0.25) is 0 Å². The minimum Gasteiger partial charge on any atom is -0.368 e. The molecule has 194 valence electrons. The Morgan fingerprint density at radius 2 is 1.57 bits per heavy atom. The van der Waals surface area contributed by atoms with Crippen LogP contribution in [0.25, 0.3) is 0 Å². The van der Waals surface area contributed by atoms with Crippen LogP contribution in [0.15, 0.2) is 54.6 Å². The number of nitrogens with one attached hydrogen (secondary N) is 1. The molecule has 10 heteroatoms. The van der Waals surface area contributed by atoms with Gasteiger partial charge in [0.05, 0.1) is 0 Å². The molecule has 5 rings (SSSR count). The fraction of sp³-hybridized carbons (Fsp3) is 0.407. The molecule has 2 aromatic carbocycles. The normalized spacial score (nSPS) is 20.2. The molecule has 37 heavy (non-hydrogen) atoms. The second kappa shape index (κ2) is 10.9. The van der Waals surface area contributed by atoms with E-state index in [4.69, 9.17) is 4.84 Å². The third-order valence-electron chi connectivity index (χ3n) is 7.07. The van der Waals surface area contributed by atoms with Crippen molar-refractivity contribution >= 4 is 29.6 Å². The van der Waals surface area contributed by atoms with Crippen LogP contribution < -0.4 is 10.2 Å². The molecule has 3 aliphatic heterocycles. The highest BCUT2D eigenvalue weighted by Crippen LogP contribution is 2.21. The zero-order valence-electron chi connectivity index (χ0n) is 20.7. The summed E-state index contributed by atoms with van der Waals surface area (Å²) >= 11 is 0. The number of hydroxylamine groups is 2. The van der Waals surface area contributed by atoms with E-state index in [0.29, 0.717) is 43.2 Å². The predicted octanol–water partition coefficient (Wildman–Crippen LogP) is 2.65. The lowest BCUT2D eigenvalue weighted by atomic mass is 10.1. The van der Waals surface area contributed by atoms with Gasteiger partial charge in [-0.25, -0.2) is 9.59 Å². The van der Waals surface area contributed by atoms with Crippen LogP contribution in [0.5, 0.6) is 0 Å². The van der Waals surface area contributed by atoms with Gasteiger partial charge in [-0.2, -0.15) is 0 Å². The number of carbonyl (C=O) groups excluding carboxylic acids is 4. The lowest BCUT2D eigenvalue weighted by Gasteiger charge is -2.35. The molecule has 1 unspecified atom stereocenters.